The van der Waals surface area contributed by atoms with Crippen LogP contribution in [0.15, 0.2) is 48.5 Å². The minimum absolute atomic E-state index is 0.0307. The van der Waals surface area contributed by atoms with Crippen molar-refractivity contribution in [3.05, 3.63) is 64.7 Å². The van der Waals surface area contributed by atoms with Crippen LogP contribution in [0.5, 0.6) is 5.75 Å². The minimum Gasteiger partial charge on any atom is -0.497 e. The van der Waals surface area contributed by atoms with Gasteiger partial charge in [0.15, 0.2) is 0 Å². The summed E-state index contributed by atoms with van der Waals surface area (Å²) in [6.45, 7) is 2.35. The van der Waals surface area contributed by atoms with E-state index in [1.54, 1.807) is 23.8 Å². The van der Waals surface area contributed by atoms with E-state index >= 15 is 0 Å². The molecule has 0 spiro atoms. The highest BCUT2D eigenvalue weighted by Crippen LogP contribution is 2.21. The van der Waals surface area contributed by atoms with Crippen molar-refractivity contribution in [2.75, 3.05) is 12.9 Å². The third kappa shape index (κ3) is 7.68. The number of thioether (sulfide) groups is 1. The average Bonchev–Trinajstić information content (AvgIpc) is 3.33. The van der Waals surface area contributed by atoms with Gasteiger partial charge in [0.25, 0.3) is 0 Å². The van der Waals surface area contributed by atoms with Crippen LogP contribution in [0.1, 0.15) is 50.2 Å². The molecule has 0 aliphatic heterocycles. The standard InChI is InChI=1S/C26H33ClN2O3S/c1-3-24(26(31)28-22-6-4-5-7-22)29(16-19-8-12-21(27)13-9-19)25(30)18-33-17-20-10-14-23(32-2)15-11-20/h8-15,22,24H,3-7,16-18H2,1-2H3,(H,28,31)/t24-/m1/s1. The van der Waals surface area contributed by atoms with Crippen molar-refractivity contribution in [2.24, 2.45) is 0 Å². The van der Waals surface area contributed by atoms with Crippen molar-refractivity contribution in [1.82, 2.24) is 10.2 Å². The Morgan fingerprint density at radius 3 is 2.33 bits per heavy atom. The predicted octanol–water partition coefficient (Wildman–Crippen LogP) is 5.45. The summed E-state index contributed by atoms with van der Waals surface area (Å²) >= 11 is 7.59. The van der Waals surface area contributed by atoms with Crippen molar-refractivity contribution in [3.8, 4) is 5.75 Å². The van der Waals surface area contributed by atoms with Gasteiger partial charge in [0, 0.05) is 23.4 Å². The van der Waals surface area contributed by atoms with Crippen LogP contribution in [0.4, 0.5) is 0 Å². The molecule has 3 rings (SSSR count). The number of nitrogens with zero attached hydrogens (tertiary/aromatic N) is 1. The molecule has 2 aromatic carbocycles. The number of halogens is 1. The number of amides is 2. The zero-order chi connectivity index (χ0) is 23.6. The monoisotopic (exact) mass is 488 g/mol. The van der Waals surface area contributed by atoms with Crippen LogP contribution in [-0.2, 0) is 21.9 Å². The molecule has 0 saturated heterocycles. The van der Waals surface area contributed by atoms with E-state index in [2.05, 4.69) is 5.32 Å². The molecule has 0 unspecified atom stereocenters. The van der Waals surface area contributed by atoms with Crippen LogP contribution in [0.3, 0.4) is 0 Å². The van der Waals surface area contributed by atoms with E-state index in [9.17, 15) is 9.59 Å². The highest BCUT2D eigenvalue weighted by Gasteiger charge is 2.30. The Bertz CT molecular complexity index is 899. The fourth-order valence-electron chi connectivity index (χ4n) is 4.13. The van der Waals surface area contributed by atoms with E-state index in [-0.39, 0.29) is 17.9 Å². The maximum atomic E-state index is 13.3. The lowest BCUT2D eigenvalue weighted by molar-refractivity contribution is -0.139. The second kappa shape index (κ2) is 12.9. The Morgan fingerprint density at radius 1 is 1.09 bits per heavy atom. The third-order valence-electron chi connectivity index (χ3n) is 6.01. The number of nitrogens with one attached hydrogen (secondary N) is 1. The molecule has 1 aliphatic carbocycles. The van der Waals surface area contributed by atoms with E-state index in [1.807, 2.05) is 55.5 Å². The van der Waals surface area contributed by atoms with Gasteiger partial charge in [0.05, 0.1) is 12.9 Å². The zero-order valence-electron chi connectivity index (χ0n) is 19.4. The fourth-order valence-corrected chi connectivity index (χ4v) is 5.13. The molecular formula is C26H33ClN2O3S. The number of carbonyl (C=O) groups is 2. The van der Waals surface area contributed by atoms with Crippen molar-refractivity contribution in [1.29, 1.82) is 0 Å². The molecule has 178 valence electrons. The molecule has 0 aromatic heterocycles. The first-order valence-electron chi connectivity index (χ1n) is 11.5. The van der Waals surface area contributed by atoms with Gasteiger partial charge in [-0.3, -0.25) is 9.59 Å². The summed E-state index contributed by atoms with van der Waals surface area (Å²) in [5.74, 6) is 1.76. The molecule has 1 saturated carbocycles. The Morgan fingerprint density at radius 2 is 1.73 bits per heavy atom. The highest BCUT2D eigenvalue weighted by molar-refractivity contribution is 7.99. The summed E-state index contributed by atoms with van der Waals surface area (Å²) < 4.78 is 5.20. The van der Waals surface area contributed by atoms with Gasteiger partial charge in [-0.1, -0.05) is 55.6 Å². The summed E-state index contributed by atoms with van der Waals surface area (Å²) in [6.07, 6.45) is 4.91. The van der Waals surface area contributed by atoms with E-state index in [1.165, 1.54) is 0 Å². The second-order valence-electron chi connectivity index (χ2n) is 8.40. The van der Waals surface area contributed by atoms with Crippen molar-refractivity contribution in [2.45, 2.75) is 63.4 Å². The summed E-state index contributed by atoms with van der Waals surface area (Å²) in [4.78, 5) is 28.2. The second-order valence-corrected chi connectivity index (χ2v) is 9.83. The van der Waals surface area contributed by atoms with E-state index in [0.717, 1.165) is 48.3 Å². The molecule has 2 amide bonds. The molecule has 2 aromatic rings. The number of hydrogen-bond acceptors (Lipinski definition) is 4. The van der Waals surface area contributed by atoms with Crippen LogP contribution in [-0.4, -0.2) is 41.7 Å². The first kappa shape index (κ1) is 25.4. The first-order chi connectivity index (χ1) is 16.0. The van der Waals surface area contributed by atoms with Gasteiger partial charge < -0.3 is 15.0 Å². The van der Waals surface area contributed by atoms with Gasteiger partial charge in [-0.25, -0.2) is 0 Å². The van der Waals surface area contributed by atoms with Crippen molar-refractivity contribution < 1.29 is 14.3 Å². The molecule has 33 heavy (non-hydrogen) atoms. The highest BCUT2D eigenvalue weighted by atomic mass is 35.5. The molecular weight excluding hydrogens is 456 g/mol. The molecule has 0 heterocycles. The quantitative estimate of drug-likeness (QED) is 0.457. The number of ether oxygens (including phenoxy) is 1. The Balaban J connectivity index is 1.67. The van der Waals surface area contributed by atoms with Crippen LogP contribution in [0.25, 0.3) is 0 Å². The van der Waals surface area contributed by atoms with Crippen LogP contribution >= 0.6 is 23.4 Å². The van der Waals surface area contributed by atoms with Gasteiger partial charge in [-0.05, 0) is 54.7 Å². The van der Waals surface area contributed by atoms with Crippen molar-refractivity contribution >= 4 is 35.2 Å². The molecule has 1 aliphatic rings. The lowest BCUT2D eigenvalue weighted by atomic mass is 10.1. The van der Waals surface area contributed by atoms with E-state index in [4.69, 9.17) is 16.3 Å². The minimum atomic E-state index is -0.490. The van der Waals surface area contributed by atoms with Crippen LogP contribution in [0.2, 0.25) is 5.02 Å². The number of rotatable bonds is 11. The SMILES string of the molecule is CC[C@H](C(=O)NC1CCCC1)N(Cc1ccc(Cl)cc1)C(=O)CSCc1ccc(OC)cc1. The largest absolute Gasteiger partial charge is 0.497 e. The van der Waals surface area contributed by atoms with Gasteiger partial charge in [0.2, 0.25) is 11.8 Å². The first-order valence-corrected chi connectivity index (χ1v) is 13.1. The summed E-state index contributed by atoms with van der Waals surface area (Å²) in [5.41, 5.74) is 2.09. The number of carbonyl (C=O) groups excluding carboxylic acids is 2. The molecule has 1 atom stereocenters. The maximum absolute atomic E-state index is 13.3. The molecule has 1 N–H and O–H groups in total. The lowest BCUT2D eigenvalue weighted by Gasteiger charge is -2.31. The third-order valence-corrected chi connectivity index (χ3v) is 7.25. The van der Waals surface area contributed by atoms with Gasteiger partial charge in [0.1, 0.15) is 11.8 Å². The predicted molar refractivity (Wildman–Crippen MR) is 136 cm³/mol. The van der Waals surface area contributed by atoms with Crippen LogP contribution in [0, 0.1) is 0 Å². The topological polar surface area (TPSA) is 58.6 Å². The Labute approximate surface area is 206 Å². The fraction of sp³-hybridized carbons (Fsp3) is 0.462. The summed E-state index contributed by atoms with van der Waals surface area (Å²) in [5, 5.41) is 3.83. The lowest BCUT2D eigenvalue weighted by Crippen LogP contribution is -2.51. The number of benzene rings is 2. The van der Waals surface area contributed by atoms with Crippen molar-refractivity contribution in [3.63, 3.8) is 0 Å². The molecule has 1 fully saturated rings. The van der Waals surface area contributed by atoms with E-state index < -0.39 is 6.04 Å². The Hall–Kier alpha value is -2.18. The van der Waals surface area contributed by atoms with Crippen LogP contribution < -0.4 is 10.1 Å². The number of methoxy groups -OCH3 is 1. The Kier molecular flexibility index (Phi) is 9.95. The molecule has 5 nitrogen and oxygen atoms in total. The summed E-state index contributed by atoms with van der Waals surface area (Å²) in [6, 6.07) is 15.0. The van der Waals surface area contributed by atoms with Gasteiger partial charge >= 0.3 is 0 Å². The van der Waals surface area contributed by atoms with Gasteiger partial charge in [-0.2, -0.15) is 0 Å². The smallest absolute Gasteiger partial charge is 0.243 e. The number of hydrogen-bond donors (Lipinski definition) is 1. The van der Waals surface area contributed by atoms with Gasteiger partial charge in [-0.15, -0.1) is 11.8 Å². The zero-order valence-corrected chi connectivity index (χ0v) is 21.0. The summed E-state index contributed by atoms with van der Waals surface area (Å²) in [7, 11) is 1.64. The average molecular weight is 489 g/mol. The normalized spacial score (nSPS) is 14.6. The van der Waals surface area contributed by atoms with E-state index in [0.29, 0.717) is 23.7 Å². The molecule has 0 bridgehead atoms. The molecule has 0 radical (unpaired) electrons. The maximum Gasteiger partial charge on any atom is 0.243 e. The molecule has 7 heteroatoms.